The van der Waals surface area contributed by atoms with Crippen LogP contribution >= 0.6 is 0 Å². The third-order valence-electron chi connectivity index (χ3n) is 4.18. The molecular formula is C18H30N2. The van der Waals surface area contributed by atoms with Gasteiger partial charge in [0.15, 0.2) is 0 Å². The normalized spacial score (nSPS) is 17.2. The molecule has 0 bridgehead atoms. The SMILES string of the molecule is C/C=C(/C=C(\N)CCC(CC)CC)C1=CCCN=C1C. The van der Waals surface area contributed by atoms with Gasteiger partial charge in [-0.2, -0.15) is 0 Å². The summed E-state index contributed by atoms with van der Waals surface area (Å²) in [7, 11) is 0. The van der Waals surface area contributed by atoms with E-state index in [9.17, 15) is 0 Å². The minimum atomic E-state index is 0.799. The van der Waals surface area contributed by atoms with Gasteiger partial charge in [-0.3, -0.25) is 4.99 Å². The van der Waals surface area contributed by atoms with Crippen LogP contribution in [-0.4, -0.2) is 12.3 Å². The van der Waals surface area contributed by atoms with Crippen LogP contribution in [0.15, 0.2) is 40.1 Å². The summed E-state index contributed by atoms with van der Waals surface area (Å²) in [6.45, 7) is 9.60. The number of aliphatic imine (C=N–C) groups is 1. The van der Waals surface area contributed by atoms with Crippen molar-refractivity contribution in [3.8, 4) is 0 Å². The second kappa shape index (κ2) is 8.78. The molecule has 0 aromatic heterocycles. The van der Waals surface area contributed by atoms with Crippen molar-refractivity contribution >= 4 is 5.71 Å². The van der Waals surface area contributed by atoms with Gasteiger partial charge < -0.3 is 5.73 Å². The number of nitrogens with two attached hydrogens (primary N) is 1. The maximum absolute atomic E-state index is 6.21. The van der Waals surface area contributed by atoms with Gasteiger partial charge in [-0.05, 0) is 56.3 Å². The molecule has 2 nitrogen and oxygen atoms in total. The summed E-state index contributed by atoms with van der Waals surface area (Å²) >= 11 is 0. The van der Waals surface area contributed by atoms with Crippen molar-refractivity contribution in [3.05, 3.63) is 35.1 Å². The zero-order valence-corrected chi connectivity index (χ0v) is 13.6. The molecule has 0 unspecified atom stereocenters. The average Bonchev–Trinajstić information content (AvgIpc) is 2.46. The van der Waals surface area contributed by atoms with Crippen LogP contribution in [0.2, 0.25) is 0 Å². The fourth-order valence-electron chi connectivity index (χ4n) is 2.66. The van der Waals surface area contributed by atoms with Crippen LogP contribution < -0.4 is 5.73 Å². The van der Waals surface area contributed by atoms with Crippen molar-refractivity contribution in [3.63, 3.8) is 0 Å². The Balaban J connectivity index is 2.70. The highest BCUT2D eigenvalue weighted by Crippen LogP contribution is 2.21. The smallest absolute Gasteiger partial charge is 0.0427 e. The second-order valence-corrected chi connectivity index (χ2v) is 5.56. The lowest BCUT2D eigenvalue weighted by Crippen LogP contribution is -2.08. The van der Waals surface area contributed by atoms with Crippen molar-refractivity contribution in [2.24, 2.45) is 16.6 Å². The first kappa shape index (κ1) is 16.7. The lowest BCUT2D eigenvalue weighted by molar-refractivity contribution is 0.455. The van der Waals surface area contributed by atoms with Gasteiger partial charge in [0.25, 0.3) is 0 Å². The second-order valence-electron chi connectivity index (χ2n) is 5.56. The quantitative estimate of drug-likeness (QED) is 0.666. The molecule has 0 saturated carbocycles. The molecule has 0 fully saturated rings. The van der Waals surface area contributed by atoms with Crippen molar-refractivity contribution in [1.29, 1.82) is 0 Å². The van der Waals surface area contributed by atoms with E-state index < -0.39 is 0 Å². The number of rotatable bonds is 7. The highest BCUT2D eigenvalue weighted by molar-refractivity contribution is 6.03. The Kier molecular flexibility index (Phi) is 7.35. The number of hydrogen-bond acceptors (Lipinski definition) is 2. The molecule has 112 valence electrons. The van der Waals surface area contributed by atoms with Gasteiger partial charge in [-0.1, -0.05) is 38.8 Å². The molecule has 0 atom stereocenters. The largest absolute Gasteiger partial charge is 0.402 e. The van der Waals surface area contributed by atoms with Gasteiger partial charge in [0.1, 0.15) is 0 Å². The third kappa shape index (κ3) is 4.99. The summed E-state index contributed by atoms with van der Waals surface area (Å²) in [4.78, 5) is 4.53. The van der Waals surface area contributed by atoms with Crippen LogP contribution in [0.5, 0.6) is 0 Å². The zero-order chi connectivity index (χ0) is 15.0. The third-order valence-corrected chi connectivity index (χ3v) is 4.18. The molecule has 1 rings (SSSR count). The van der Waals surface area contributed by atoms with Crippen LogP contribution in [0.4, 0.5) is 0 Å². The van der Waals surface area contributed by atoms with Crippen molar-refractivity contribution in [1.82, 2.24) is 0 Å². The zero-order valence-electron chi connectivity index (χ0n) is 13.6. The molecular weight excluding hydrogens is 244 g/mol. The predicted molar refractivity (Wildman–Crippen MR) is 90.0 cm³/mol. The standard InChI is InChI=1S/C18H30N2/c1-5-15(6-2)10-11-17(19)13-16(7-3)18-9-8-12-20-14(18)4/h7,9,13,15H,5-6,8,10-12,19H2,1-4H3/b16-7-,17-13-. The average molecular weight is 274 g/mol. The molecule has 2 heteroatoms. The monoisotopic (exact) mass is 274 g/mol. The van der Waals surface area contributed by atoms with Gasteiger partial charge in [-0.15, -0.1) is 0 Å². The van der Waals surface area contributed by atoms with E-state index >= 15 is 0 Å². The first-order valence-electron chi connectivity index (χ1n) is 7.96. The summed E-state index contributed by atoms with van der Waals surface area (Å²) < 4.78 is 0. The molecule has 1 heterocycles. The number of nitrogens with zero attached hydrogens (tertiary/aromatic N) is 1. The van der Waals surface area contributed by atoms with Crippen LogP contribution in [0.3, 0.4) is 0 Å². The molecule has 0 spiro atoms. The number of dihydropyridines is 1. The topological polar surface area (TPSA) is 38.4 Å². The Bertz CT molecular complexity index is 421. The molecule has 0 saturated heterocycles. The Hall–Kier alpha value is -1.31. The molecule has 0 aromatic carbocycles. The van der Waals surface area contributed by atoms with Crippen LogP contribution in [0.25, 0.3) is 0 Å². The number of allylic oxidation sites excluding steroid dienone is 5. The number of hydrogen-bond donors (Lipinski definition) is 1. The van der Waals surface area contributed by atoms with E-state index in [0.717, 1.165) is 36.7 Å². The van der Waals surface area contributed by atoms with Crippen molar-refractivity contribution in [2.75, 3.05) is 6.54 Å². The van der Waals surface area contributed by atoms with E-state index in [1.54, 1.807) is 0 Å². The fraction of sp³-hybridized carbons (Fsp3) is 0.611. The van der Waals surface area contributed by atoms with E-state index in [-0.39, 0.29) is 0 Å². The summed E-state index contributed by atoms with van der Waals surface area (Å²) in [5, 5.41) is 0. The van der Waals surface area contributed by atoms with E-state index in [1.165, 1.54) is 30.4 Å². The molecule has 1 aliphatic rings. The molecule has 0 radical (unpaired) electrons. The molecule has 2 N–H and O–H groups in total. The van der Waals surface area contributed by atoms with Gasteiger partial charge in [0.05, 0.1) is 0 Å². The van der Waals surface area contributed by atoms with Crippen molar-refractivity contribution in [2.45, 2.75) is 59.8 Å². The Morgan fingerprint density at radius 2 is 2.10 bits per heavy atom. The predicted octanol–water partition coefficient (Wildman–Crippen LogP) is 4.78. The van der Waals surface area contributed by atoms with Crippen LogP contribution in [0, 0.1) is 5.92 Å². The van der Waals surface area contributed by atoms with E-state index in [4.69, 9.17) is 5.73 Å². The Morgan fingerprint density at radius 3 is 2.65 bits per heavy atom. The minimum Gasteiger partial charge on any atom is -0.402 e. The molecule has 20 heavy (non-hydrogen) atoms. The molecule has 1 aliphatic heterocycles. The summed E-state index contributed by atoms with van der Waals surface area (Å²) in [6, 6.07) is 0. The Labute approximate surface area is 124 Å². The van der Waals surface area contributed by atoms with E-state index in [1.807, 2.05) is 0 Å². The van der Waals surface area contributed by atoms with Gasteiger partial charge in [0.2, 0.25) is 0 Å². The van der Waals surface area contributed by atoms with Gasteiger partial charge in [-0.25, -0.2) is 0 Å². The van der Waals surface area contributed by atoms with Crippen LogP contribution in [0.1, 0.15) is 59.8 Å². The Morgan fingerprint density at radius 1 is 1.40 bits per heavy atom. The maximum Gasteiger partial charge on any atom is 0.0427 e. The minimum absolute atomic E-state index is 0.799. The highest BCUT2D eigenvalue weighted by atomic mass is 14.7. The molecule has 0 aliphatic carbocycles. The lowest BCUT2D eigenvalue weighted by Gasteiger charge is -2.15. The van der Waals surface area contributed by atoms with Gasteiger partial charge in [0, 0.05) is 18.0 Å². The summed E-state index contributed by atoms with van der Waals surface area (Å²) in [5.74, 6) is 0.799. The summed E-state index contributed by atoms with van der Waals surface area (Å²) in [6.07, 6.45) is 12.3. The fourth-order valence-corrected chi connectivity index (χ4v) is 2.66. The lowest BCUT2D eigenvalue weighted by atomic mass is 9.94. The molecule has 0 amide bonds. The van der Waals surface area contributed by atoms with Gasteiger partial charge >= 0.3 is 0 Å². The first-order chi connectivity index (χ1) is 9.62. The van der Waals surface area contributed by atoms with E-state index in [0.29, 0.717) is 0 Å². The first-order valence-corrected chi connectivity index (χ1v) is 7.96. The highest BCUT2D eigenvalue weighted by Gasteiger charge is 2.10. The summed E-state index contributed by atoms with van der Waals surface area (Å²) in [5.41, 5.74) is 10.8. The van der Waals surface area contributed by atoms with Crippen molar-refractivity contribution < 1.29 is 0 Å². The van der Waals surface area contributed by atoms with Crippen LogP contribution in [-0.2, 0) is 0 Å². The van der Waals surface area contributed by atoms with E-state index in [2.05, 4.69) is 50.9 Å². The maximum atomic E-state index is 6.21. The molecule has 0 aromatic rings.